The zero-order valence-electron chi connectivity index (χ0n) is 9.47. The molecular weight excluding hydrogens is 176 g/mol. The molecule has 1 atom stereocenters. The summed E-state index contributed by atoms with van der Waals surface area (Å²) in [6.07, 6.45) is 7.91. The summed E-state index contributed by atoms with van der Waals surface area (Å²) in [7, 11) is 0. The molecule has 0 aliphatic heterocycles. The number of hydrogen-bond acceptors (Lipinski definition) is 3. The number of unbranched alkanes of at least 4 members (excludes halogenated alkanes) is 1. The molecule has 0 aliphatic rings. The van der Waals surface area contributed by atoms with Crippen molar-refractivity contribution in [1.29, 1.82) is 0 Å². The van der Waals surface area contributed by atoms with Crippen LogP contribution in [0.4, 0.5) is 0 Å². The number of nitrogens with two attached hydrogens (primary N) is 1. The number of hydrazine groups is 1. The molecule has 0 aromatic rings. The van der Waals surface area contributed by atoms with E-state index in [9.17, 15) is 0 Å². The molecule has 0 heterocycles. The van der Waals surface area contributed by atoms with Gasteiger partial charge in [-0.2, -0.15) is 0 Å². The van der Waals surface area contributed by atoms with Gasteiger partial charge in [-0.3, -0.25) is 11.3 Å². The third-order valence-electron chi connectivity index (χ3n) is 1.83. The first kappa shape index (κ1) is 13.4. The van der Waals surface area contributed by atoms with Crippen molar-refractivity contribution in [1.82, 2.24) is 5.43 Å². The van der Waals surface area contributed by atoms with E-state index in [-0.39, 0.29) is 11.6 Å². The first-order valence-corrected chi connectivity index (χ1v) is 5.03. The van der Waals surface area contributed by atoms with Crippen molar-refractivity contribution in [3.8, 4) is 12.3 Å². The van der Waals surface area contributed by atoms with E-state index in [4.69, 9.17) is 17.0 Å². The molecule has 0 saturated heterocycles. The van der Waals surface area contributed by atoms with Crippen molar-refractivity contribution < 1.29 is 4.74 Å². The second-order valence-corrected chi connectivity index (χ2v) is 4.38. The predicted molar refractivity (Wildman–Crippen MR) is 59.5 cm³/mol. The molecule has 0 bridgehead atoms. The Labute approximate surface area is 87.4 Å². The minimum Gasteiger partial charge on any atom is -0.374 e. The lowest BCUT2D eigenvalue weighted by molar-refractivity contribution is -0.0155. The van der Waals surface area contributed by atoms with Gasteiger partial charge in [0.25, 0.3) is 0 Å². The van der Waals surface area contributed by atoms with E-state index in [2.05, 4.69) is 11.3 Å². The average Bonchev–Trinajstić information content (AvgIpc) is 2.09. The summed E-state index contributed by atoms with van der Waals surface area (Å²) in [4.78, 5) is 0. The fourth-order valence-electron chi connectivity index (χ4n) is 1.02. The van der Waals surface area contributed by atoms with E-state index >= 15 is 0 Å². The minimum atomic E-state index is -0.110. The number of terminal acetylenes is 1. The predicted octanol–water partition coefficient (Wildman–Crippen LogP) is 1.44. The van der Waals surface area contributed by atoms with Crippen LogP contribution >= 0.6 is 0 Å². The highest BCUT2D eigenvalue weighted by Gasteiger charge is 2.13. The fraction of sp³-hybridized carbons (Fsp3) is 0.818. The molecule has 3 nitrogen and oxygen atoms in total. The Morgan fingerprint density at radius 1 is 1.50 bits per heavy atom. The zero-order valence-corrected chi connectivity index (χ0v) is 9.47. The molecule has 0 aromatic heterocycles. The van der Waals surface area contributed by atoms with E-state index in [1.54, 1.807) is 0 Å². The lowest BCUT2D eigenvalue weighted by Crippen LogP contribution is -2.40. The first-order valence-electron chi connectivity index (χ1n) is 5.03. The fourth-order valence-corrected chi connectivity index (χ4v) is 1.02. The molecule has 0 fully saturated rings. The zero-order chi connectivity index (χ0) is 11.0. The van der Waals surface area contributed by atoms with Crippen LogP contribution in [-0.2, 0) is 4.74 Å². The normalized spacial score (nSPS) is 13.6. The number of rotatable bonds is 6. The van der Waals surface area contributed by atoms with Gasteiger partial charge >= 0.3 is 0 Å². The van der Waals surface area contributed by atoms with E-state index in [1.165, 1.54) is 0 Å². The van der Waals surface area contributed by atoms with Gasteiger partial charge in [0, 0.05) is 12.5 Å². The third kappa shape index (κ3) is 8.06. The van der Waals surface area contributed by atoms with E-state index < -0.39 is 0 Å². The van der Waals surface area contributed by atoms with Gasteiger partial charge < -0.3 is 4.74 Å². The Bertz CT molecular complexity index is 179. The summed E-state index contributed by atoms with van der Waals surface area (Å²) < 4.78 is 5.62. The second kappa shape index (κ2) is 6.83. The number of ether oxygens (including phenoxy) is 1. The standard InChI is InChI=1S/C11H22N2O/c1-5-6-7-8-10(13-12)9-14-11(2,3)4/h1,10,13H,6-9,12H2,2-4H3. The van der Waals surface area contributed by atoms with Gasteiger partial charge in [0.2, 0.25) is 0 Å². The van der Waals surface area contributed by atoms with Crippen LogP contribution in [0.25, 0.3) is 0 Å². The topological polar surface area (TPSA) is 47.3 Å². The molecule has 82 valence electrons. The molecule has 0 radical (unpaired) electrons. The quantitative estimate of drug-likeness (QED) is 0.294. The smallest absolute Gasteiger partial charge is 0.0640 e. The van der Waals surface area contributed by atoms with E-state index in [0.717, 1.165) is 19.3 Å². The maximum absolute atomic E-state index is 5.62. The van der Waals surface area contributed by atoms with Crippen molar-refractivity contribution >= 4 is 0 Å². The molecule has 0 amide bonds. The molecule has 1 unspecified atom stereocenters. The summed E-state index contributed by atoms with van der Waals surface area (Å²) in [5, 5.41) is 0. The molecule has 0 saturated carbocycles. The molecule has 0 aromatic carbocycles. The van der Waals surface area contributed by atoms with Crippen LogP contribution in [0.3, 0.4) is 0 Å². The molecule has 3 heteroatoms. The van der Waals surface area contributed by atoms with Crippen LogP contribution < -0.4 is 11.3 Å². The van der Waals surface area contributed by atoms with Crippen molar-refractivity contribution in [2.45, 2.75) is 51.7 Å². The molecule has 14 heavy (non-hydrogen) atoms. The van der Waals surface area contributed by atoms with Crippen molar-refractivity contribution in [2.75, 3.05) is 6.61 Å². The Morgan fingerprint density at radius 3 is 2.57 bits per heavy atom. The summed E-state index contributed by atoms with van der Waals surface area (Å²) in [6, 6.07) is 0.197. The summed E-state index contributed by atoms with van der Waals surface area (Å²) in [6.45, 7) is 6.72. The Kier molecular flexibility index (Phi) is 6.56. The van der Waals surface area contributed by atoms with Gasteiger partial charge in [-0.05, 0) is 33.6 Å². The third-order valence-corrected chi connectivity index (χ3v) is 1.83. The van der Waals surface area contributed by atoms with Gasteiger partial charge in [-0.25, -0.2) is 0 Å². The summed E-state index contributed by atoms with van der Waals surface area (Å²) in [5.74, 6) is 8.01. The lowest BCUT2D eigenvalue weighted by Gasteiger charge is -2.23. The van der Waals surface area contributed by atoms with Crippen molar-refractivity contribution in [2.24, 2.45) is 5.84 Å². The van der Waals surface area contributed by atoms with Crippen molar-refractivity contribution in [3.05, 3.63) is 0 Å². The Morgan fingerprint density at radius 2 is 2.14 bits per heavy atom. The van der Waals surface area contributed by atoms with Crippen molar-refractivity contribution in [3.63, 3.8) is 0 Å². The Balaban J connectivity index is 3.64. The van der Waals surface area contributed by atoms with Gasteiger partial charge in [-0.1, -0.05) is 0 Å². The van der Waals surface area contributed by atoms with Crippen LogP contribution in [0.15, 0.2) is 0 Å². The second-order valence-electron chi connectivity index (χ2n) is 4.38. The van der Waals surface area contributed by atoms with Gasteiger partial charge in [0.1, 0.15) is 0 Å². The van der Waals surface area contributed by atoms with Gasteiger partial charge in [-0.15, -0.1) is 12.3 Å². The number of nitrogens with one attached hydrogen (secondary N) is 1. The average molecular weight is 198 g/mol. The monoisotopic (exact) mass is 198 g/mol. The minimum absolute atomic E-state index is 0.110. The van der Waals surface area contributed by atoms with Crippen LogP contribution in [0.1, 0.15) is 40.0 Å². The maximum Gasteiger partial charge on any atom is 0.0640 e. The Hall–Kier alpha value is -0.560. The summed E-state index contributed by atoms with van der Waals surface area (Å²) >= 11 is 0. The largest absolute Gasteiger partial charge is 0.374 e. The summed E-state index contributed by atoms with van der Waals surface area (Å²) in [5.41, 5.74) is 2.63. The molecule has 0 spiro atoms. The molecule has 3 N–H and O–H groups in total. The maximum atomic E-state index is 5.62. The van der Waals surface area contributed by atoms with Crippen LogP contribution in [-0.4, -0.2) is 18.2 Å². The van der Waals surface area contributed by atoms with Gasteiger partial charge in [0.15, 0.2) is 0 Å². The number of hydrogen-bond donors (Lipinski definition) is 2. The highest BCUT2D eigenvalue weighted by Crippen LogP contribution is 2.09. The van der Waals surface area contributed by atoms with Crippen LogP contribution in [0.2, 0.25) is 0 Å². The SMILES string of the molecule is C#CCCCC(COC(C)(C)C)NN. The highest BCUT2D eigenvalue weighted by molar-refractivity contribution is 4.83. The van der Waals surface area contributed by atoms with Crippen LogP contribution in [0, 0.1) is 12.3 Å². The van der Waals surface area contributed by atoms with E-state index in [0.29, 0.717) is 6.61 Å². The van der Waals surface area contributed by atoms with Gasteiger partial charge in [0.05, 0.1) is 12.2 Å². The molecule has 0 aliphatic carbocycles. The van der Waals surface area contributed by atoms with Crippen LogP contribution in [0.5, 0.6) is 0 Å². The van der Waals surface area contributed by atoms with E-state index in [1.807, 2.05) is 20.8 Å². The lowest BCUT2D eigenvalue weighted by atomic mass is 10.1. The molecular formula is C11H22N2O. The first-order chi connectivity index (χ1) is 6.49. The molecule has 0 rings (SSSR count). The highest BCUT2D eigenvalue weighted by atomic mass is 16.5.